The number of carbonyl (C=O) groups excluding carboxylic acids is 5. The Morgan fingerprint density at radius 1 is 1.19 bits per heavy atom. The van der Waals surface area contributed by atoms with Crippen LogP contribution in [0.4, 0.5) is 0 Å². The maximum absolute atomic E-state index is 14.0. The van der Waals surface area contributed by atoms with Crippen LogP contribution in [0, 0.1) is 11.8 Å². The highest BCUT2D eigenvalue weighted by Crippen LogP contribution is 2.30. The molecular formula is C30H43N5O7. The van der Waals surface area contributed by atoms with Crippen LogP contribution in [0.3, 0.4) is 0 Å². The molecule has 230 valence electrons. The molecule has 5 unspecified atom stereocenters. The zero-order valence-corrected chi connectivity index (χ0v) is 25.4. The average Bonchev–Trinajstić information content (AvgIpc) is 3.37. The molecular weight excluding hydrogens is 542 g/mol. The number of hydrogen-bond donors (Lipinski definition) is 3. The molecule has 1 aromatic carbocycles. The van der Waals surface area contributed by atoms with E-state index in [1.54, 1.807) is 52.2 Å². The number of likely N-dealkylation sites (N-methyl/N-ethyl adjacent to an activating group) is 1. The van der Waals surface area contributed by atoms with E-state index in [2.05, 4.69) is 16.0 Å². The highest BCUT2D eigenvalue weighted by Gasteiger charge is 2.46. The highest BCUT2D eigenvalue weighted by molar-refractivity contribution is 5.96. The van der Waals surface area contributed by atoms with Gasteiger partial charge >= 0.3 is 0 Å². The fourth-order valence-electron chi connectivity index (χ4n) is 5.05. The summed E-state index contributed by atoms with van der Waals surface area (Å²) in [7, 11) is 3.02. The van der Waals surface area contributed by atoms with Crippen LogP contribution in [0.2, 0.25) is 0 Å². The molecule has 1 aromatic rings. The zero-order chi connectivity index (χ0) is 31.1. The van der Waals surface area contributed by atoms with E-state index in [9.17, 15) is 24.0 Å². The molecule has 2 aliphatic rings. The smallest absolute Gasteiger partial charge is 0.247 e. The molecule has 3 N–H and O–H groups in total. The lowest BCUT2D eigenvalue weighted by Gasteiger charge is -2.33. The number of rotatable bonds is 9. The summed E-state index contributed by atoms with van der Waals surface area (Å²) in [5.41, 5.74) is 0.661. The molecule has 1 saturated heterocycles. The lowest BCUT2D eigenvalue weighted by molar-refractivity contribution is -0.145. The lowest BCUT2D eigenvalue weighted by Crippen LogP contribution is -2.60. The minimum Gasteiger partial charge on any atom is -0.496 e. The Kier molecular flexibility index (Phi) is 11.0. The van der Waals surface area contributed by atoms with E-state index in [1.807, 2.05) is 13.8 Å². The van der Waals surface area contributed by atoms with Gasteiger partial charge in [0.15, 0.2) is 0 Å². The minimum absolute atomic E-state index is 0.0937. The first-order valence-electron chi connectivity index (χ1n) is 14.3. The third-order valence-corrected chi connectivity index (χ3v) is 7.60. The van der Waals surface area contributed by atoms with E-state index in [0.717, 1.165) is 0 Å². The maximum Gasteiger partial charge on any atom is 0.247 e. The van der Waals surface area contributed by atoms with Gasteiger partial charge < -0.3 is 35.2 Å². The van der Waals surface area contributed by atoms with Crippen molar-refractivity contribution in [3.8, 4) is 11.5 Å². The van der Waals surface area contributed by atoms with Crippen LogP contribution in [-0.2, 0) is 24.0 Å². The topological polar surface area (TPSA) is 146 Å². The molecule has 5 atom stereocenters. The van der Waals surface area contributed by atoms with Gasteiger partial charge in [0.25, 0.3) is 0 Å². The molecule has 5 amide bonds. The zero-order valence-electron chi connectivity index (χ0n) is 25.4. The fourth-order valence-corrected chi connectivity index (χ4v) is 5.05. The van der Waals surface area contributed by atoms with Gasteiger partial charge in [0.05, 0.1) is 7.11 Å². The third-order valence-electron chi connectivity index (χ3n) is 7.60. The average molecular weight is 586 g/mol. The Bertz CT molecular complexity index is 1200. The molecule has 3 rings (SSSR count). The van der Waals surface area contributed by atoms with E-state index in [1.165, 1.54) is 23.0 Å². The van der Waals surface area contributed by atoms with E-state index in [4.69, 9.17) is 9.47 Å². The van der Waals surface area contributed by atoms with Crippen LogP contribution >= 0.6 is 0 Å². The summed E-state index contributed by atoms with van der Waals surface area (Å²) in [6.07, 6.45) is 3.74. The number of hydrogen-bond acceptors (Lipinski definition) is 7. The Labute approximate surface area is 247 Å². The molecule has 12 nitrogen and oxygen atoms in total. The van der Waals surface area contributed by atoms with Gasteiger partial charge in [-0.15, -0.1) is 0 Å². The number of likely N-dealkylation sites (tertiary alicyclic amines) is 1. The van der Waals surface area contributed by atoms with Crippen LogP contribution in [0.1, 0.15) is 53.0 Å². The second-order valence-corrected chi connectivity index (χ2v) is 11.5. The van der Waals surface area contributed by atoms with Gasteiger partial charge in [0, 0.05) is 31.8 Å². The fraction of sp³-hybridized carbons (Fsp3) is 0.567. The highest BCUT2D eigenvalue weighted by atomic mass is 16.5. The number of nitrogens with zero attached hydrogens (tertiary/aromatic N) is 2. The van der Waals surface area contributed by atoms with Gasteiger partial charge in [-0.3, -0.25) is 24.0 Å². The van der Waals surface area contributed by atoms with Gasteiger partial charge in [-0.1, -0.05) is 27.7 Å². The van der Waals surface area contributed by atoms with Gasteiger partial charge in [-0.2, -0.15) is 0 Å². The largest absolute Gasteiger partial charge is 0.496 e. The van der Waals surface area contributed by atoms with Gasteiger partial charge in [0.2, 0.25) is 30.0 Å². The quantitative estimate of drug-likeness (QED) is 0.370. The van der Waals surface area contributed by atoms with Crippen LogP contribution in [-0.4, -0.2) is 90.8 Å². The molecule has 2 aliphatic heterocycles. The van der Waals surface area contributed by atoms with Crippen LogP contribution in [0.15, 0.2) is 24.4 Å². The summed E-state index contributed by atoms with van der Waals surface area (Å²) in [6, 6.07) is 1.52. The molecule has 0 spiro atoms. The molecule has 12 heteroatoms. The van der Waals surface area contributed by atoms with Gasteiger partial charge in [-0.05, 0) is 49.5 Å². The summed E-state index contributed by atoms with van der Waals surface area (Å²) in [5, 5.41) is 8.36. The first-order valence-corrected chi connectivity index (χ1v) is 14.3. The summed E-state index contributed by atoms with van der Waals surface area (Å²) < 4.78 is 11.8. The monoisotopic (exact) mass is 585 g/mol. The number of ether oxygens (including phenoxy) is 2. The number of carbonyl (C=O) groups is 5. The number of nitrogens with one attached hydrogen (secondary N) is 3. The Balaban J connectivity index is 1.99. The minimum atomic E-state index is -1.06. The second-order valence-electron chi connectivity index (χ2n) is 11.5. The summed E-state index contributed by atoms with van der Waals surface area (Å²) in [4.78, 5) is 67.7. The predicted octanol–water partition coefficient (Wildman–Crippen LogP) is 1.29. The van der Waals surface area contributed by atoms with Gasteiger partial charge in [0.1, 0.15) is 41.8 Å². The molecule has 2 heterocycles. The molecule has 2 bridgehead atoms. The van der Waals surface area contributed by atoms with Crippen molar-refractivity contribution in [2.24, 2.45) is 11.8 Å². The number of benzene rings is 1. The van der Waals surface area contributed by atoms with Gasteiger partial charge in [-0.25, -0.2) is 0 Å². The summed E-state index contributed by atoms with van der Waals surface area (Å²) >= 11 is 0. The Morgan fingerprint density at radius 2 is 1.90 bits per heavy atom. The normalized spacial score (nSPS) is 21.9. The van der Waals surface area contributed by atoms with Crippen molar-refractivity contribution in [2.75, 3.05) is 20.7 Å². The van der Waals surface area contributed by atoms with Crippen molar-refractivity contribution in [3.63, 3.8) is 0 Å². The summed E-state index contributed by atoms with van der Waals surface area (Å²) in [6.45, 7) is 9.24. The van der Waals surface area contributed by atoms with E-state index >= 15 is 0 Å². The van der Waals surface area contributed by atoms with Crippen LogP contribution in [0.5, 0.6) is 11.5 Å². The predicted molar refractivity (Wildman–Crippen MR) is 156 cm³/mol. The van der Waals surface area contributed by atoms with E-state index in [-0.39, 0.29) is 18.4 Å². The molecule has 0 aromatic heterocycles. The Hall–Kier alpha value is -4.09. The molecule has 0 radical (unpaired) electrons. The number of methoxy groups -OCH3 is 1. The molecule has 42 heavy (non-hydrogen) atoms. The molecule has 0 aliphatic carbocycles. The molecule has 1 fully saturated rings. The molecule has 0 saturated carbocycles. The first-order chi connectivity index (χ1) is 19.9. The van der Waals surface area contributed by atoms with Crippen molar-refractivity contribution in [3.05, 3.63) is 30.0 Å². The van der Waals surface area contributed by atoms with Crippen molar-refractivity contribution in [1.29, 1.82) is 0 Å². The summed E-state index contributed by atoms with van der Waals surface area (Å²) in [5.74, 6) is -1.04. The maximum atomic E-state index is 14.0. The van der Waals surface area contributed by atoms with Crippen LogP contribution < -0.4 is 25.4 Å². The first kappa shape index (κ1) is 32.4. The van der Waals surface area contributed by atoms with E-state index < -0.39 is 53.9 Å². The van der Waals surface area contributed by atoms with E-state index in [0.29, 0.717) is 36.3 Å². The Morgan fingerprint density at radius 3 is 2.52 bits per heavy atom. The van der Waals surface area contributed by atoms with Crippen molar-refractivity contribution < 1.29 is 33.4 Å². The number of fused-ring (bicyclic) bond motifs is 3. The van der Waals surface area contributed by atoms with Crippen LogP contribution in [0.25, 0.3) is 6.08 Å². The number of amides is 5. The van der Waals surface area contributed by atoms with Crippen molar-refractivity contribution in [2.45, 2.75) is 77.7 Å². The lowest BCUT2D eigenvalue weighted by atomic mass is 10.0. The SMILES string of the molecule is COc1ccc2cc1C=CNC(=O)C(CC(C)C)NC(=O)C1C(CCN1C(=O)C(NC(=O)C(C)N(C)C=O)C(C)C)O2. The second kappa shape index (κ2) is 14.2. The van der Waals surface area contributed by atoms with Crippen molar-refractivity contribution >= 4 is 36.1 Å². The standard InChI is InChI=1S/C30H43N5O7/c1-17(2)14-22-28(38)31-12-10-20-15-21(8-9-23(20)41-7)42-24-11-13-35(26(24)29(39)32-22)30(40)25(18(3)4)33-27(37)19(5)34(6)16-36/h8-10,12,15-19,22,24-26H,11,13-14H2,1-7H3,(H,31,38)(H,32,39)(H,33,37). The van der Waals surface area contributed by atoms with Crippen molar-refractivity contribution in [1.82, 2.24) is 25.8 Å². The third kappa shape index (κ3) is 7.59.